The van der Waals surface area contributed by atoms with Crippen molar-refractivity contribution in [3.05, 3.63) is 42.5 Å². The molecule has 174 valence electrons. The van der Waals surface area contributed by atoms with Crippen molar-refractivity contribution in [2.24, 2.45) is 0 Å². The molecule has 33 heavy (non-hydrogen) atoms. The molecule has 0 unspecified atom stereocenters. The Morgan fingerprint density at radius 3 is 2.18 bits per heavy atom. The lowest BCUT2D eigenvalue weighted by Gasteiger charge is -2.35. The highest BCUT2D eigenvalue weighted by atomic mass is 16.5. The molecule has 2 aromatic heterocycles. The summed E-state index contributed by atoms with van der Waals surface area (Å²) in [5, 5.41) is 7.31. The number of amides is 2. The van der Waals surface area contributed by atoms with Crippen LogP contribution in [0.25, 0.3) is 5.82 Å². The molecular formula is C22H27N7O4. The lowest BCUT2D eigenvalue weighted by atomic mass is 10.2. The molecule has 1 N–H and O–H groups in total. The molecule has 1 aliphatic heterocycles. The van der Waals surface area contributed by atoms with Crippen molar-refractivity contribution >= 4 is 17.5 Å². The van der Waals surface area contributed by atoms with E-state index in [-0.39, 0.29) is 6.03 Å². The molecule has 0 spiro atoms. The molecule has 11 nitrogen and oxygen atoms in total. The van der Waals surface area contributed by atoms with Crippen LogP contribution in [0.3, 0.4) is 0 Å². The number of hydrogen-bond donors (Lipinski definition) is 1. The molecule has 0 atom stereocenters. The van der Waals surface area contributed by atoms with Gasteiger partial charge in [0, 0.05) is 50.6 Å². The fourth-order valence-electron chi connectivity index (χ4n) is 3.67. The molecule has 1 fully saturated rings. The first kappa shape index (κ1) is 22.2. The molecule has 0 saturated carbocycles. The zero-order valence-corrected chi connectivity index (χ0v) is 19.1. The van der Waals surface area contributed by atoms with Crippen LogP contribution in [0.15, 0.2) is 36.8 Å². The van der Waals surface area contributed by atoms with Gasteiger partial charge >= 0.3 is 6.03 Å². The molecule has 0 aliphatic carbocycles. The van der Waals surface area contributed by atoms with Crippen LogP contribution in [0, 0.1) is 6.92 Å². The molecule has 0 bridgehead atoms. The van der Waals surface area contributed by atoms with Gasteiger partial charge in [0.2, 0.25) is 5.75 Å². The zero-order valence-electron chi connectivity index (χ0n) is 19.1. The average Bonchev–Trinajstić information content (AvgIpc) is 3.29. The van der Waals surface area contributed by atoms with Crippen LogP contribution in [0.5, 0.6) is 17.2 Å². The molecular weight excluding hydrogens is 426 g/mol. The van der Waals surface area contributed by atoms with Gasteiger partial charge in [0.15, 0.2) is 17.3 Å². The first-order valence-electron chi connectivity index (χ1n) is 10.5. The molecule has 1 saturated heterocycles. The standard InChI is InChI=1S/C22H27N7O4/c1-15-5-6-29(26-15)20-13-19(23-14-24-20)27-7-9-28(10-8-27)22(30)25-16-11-17(31-2)21(33-4)18(12-16)32-3/h5-6,11-14H,7-10H2,1-4H3,(H,25,30). The first-order valence-corrected chi connectivity index (χ1v) is 10.5. The second kappa shape index (κ2) is 9.63. The van der Waals surface area contributed by atoms with Crippen LogP contribution in [0.2, 0.25) is 0 Å². The van der Waals surface area contributed by atoms with Crippen molar-refractivity contribution in [3.8, 4) is 23.1 Å². The Hall–Kier alpha value is -4.02. The number of ether oxygens (including phenoxy) is 3. The van der Waals surface area contributed by atoms with Crippen molar-refractivity contribution < 1.29 is 19.0 Å². The number of aromatic nitrogens is 4. The monoisotopic (exact) mass is 453 g/mol. The SMILES string of the molecule is COc1cc(NC(=O)N2CCN(c3cc(-n4ccc(C)n4)ncn3)CC2)cc(OC)c1OC. The number of nitrogens with zero attached hydrogens (tertiary/aromatic N) is 6. The van der Waals surface area contributed by atoms with Gasteiger partial charge in [0.1, 0.15) is 12.1 Å². The number of urea groups is 1. The van der Waals surface area contributed by atoms with E-state index in [1.165, 1.54) is 27.7 Å². The van der Waals surface area contributed by atoms with Crippen LogP contribution in [0.1, 0.15) is 5.69 Å². The Morgan fingerprint density at radius 1 is 0.939 bits per heavy atom. The average molecular weight is 454 g/mol. The third-order valence-electron chi connectivity index (χ3n) is 5.40. The van der Waals surface area contributed by atoms with Crippen molar-refractivity contribution in [2.45, 2.75) is 6.92 Å². The van der Waals surface area contributed by atoms with Crippen molar-refractivity contribution in [2.75, 3.05) is 57.7 Å². The number of carbonyl (C=O) groups excluding carboxylic acids is 1. The molecule has 4 rings (SSSR count). The van der Waals surface area contributed by atoms with Gasteiger partial charge in [0.05, 0.1) is 32.7 Å². The highest BCUT2D eigenvalue weighted by Gasteiger charge is 2.23. The van der Waals surface area contributed by atoms with E-state index in [0.29, 0.717) is 54.9 Å². The van der Waals surface area contributed by atoms with Crippen LogP contribution in [-0.4, -0.2) is 78.2 Å². The van der Waals surface area contributed by atoms with E-state index in [0.717, 1.165) is 11.5 Å². The number of rotatable bonds is 6. The van der Waals surface area contributed by atoms with E-state index >= 15 is 0 Å². The molecule has 11 heteroatoms. The van der Waals surface area contributed by atoms with Gasteiger partial charge in [-0.1, -0.05) is 0 Å². The predicted molar refractivity (Wildman–Crippen MR) is 123 cm³/mol. The van der Waals surface area contributed by atoms with Gasteiger partial charge in [0.25, 0.3) is 0 Å². The van der Waals surface area contributed by atoms with Gasteiger partial charge in [-0.25, -0.2) is 19.4 Å². The lowest BCUT2D eigenvalue weighted by molar-refractivity contribution is 0.208. The number of anilines is 2. The number of methoxy groups -OCH3 is 3. The maximum absolute atomic E-state index is 12.9. The Labute approximate surface area is 191 Å². The lowest BCUT2D eigenvalue weighted by Crippen LogP contribution is -2.50. The Morgan fingerprint density at radius 2 is 1.61 bits per heavy atom. The number of hydrogen-bond acceptors (Lipinski definition) is 8. The number of benzene rings is 1. The third-order valence-corrected chi connectivity index (χ3v) is 5.40. The zero-order chi connectivity index (χ0) is 23.4. The smallest absolute Gasteiger partial charge is 0.321 e. The van der Waals surface area contributed by atoms with E-state index in [2.05, 4.69) is 25.3 Å². The summed E-state index contributed by atoms with van der Waals surface area (Å²) in [5.74, 6) is 2.93. The maximum atomic E-state index is 12.9. The summed E-state index contributed by atoms with van der Waals surface area (Å²) in [4.78, 5) is 25.5. The van der Waals surface area contributed by atoms with Crippen LogP contribution < -0.4 is 24.4 Å². The fraction of sp³-hybridized carbons (Fsp3) is 0.364. The summed E-state index contributed by atoms with van der Waals surface area (Å²) in [6.45, 7) is 4.34. The maximum Gasteiger partial charge on any atom is 0.321 e. The second-order valence-corrected chi connectivity index (χ2v) is 7.45. The van der Waals surface area contributed by atoms with E-state index in [4.69, 9.17) is 14.2 Å². The Kier molecular flexibility index (Phi) is 6.48. The molecule has 1 aliphatic rings. The molecule has 0 radical (unpaired) electrons. The van der Waals surface area contributed by atoms with E-state index in [1.54, 1.807) is 21.7 Å². The number of piperazine rings is 1. The highest BCUT2D eigenvalue weighted by molar-refractivity contribution is 5.90. The van der Waals surface area contributed by atoms with Gasteiger partial charge in [-0.15, -0.1) is 0 Å². The summed E-state index contributed by atoms with van der Waals surface area (Å²) in [7, 11) is 4.61. The summed E-state index contributed by atoms with van der Waals surface area (Å²) in [5.41, 5.74) is 1.48. The number of carbonyl (C=O) groups is 1. The quantitative estimate of drug-likeness (QED) is 0.606. The van der Waals surface area contributed by atoms with Gasteiger partial charge in [-0.3, -0.25) is 0 Å². The fourth-order valence-corrected chi connectivity index (χ4v) is 3.67. The Bertz CT molecular complexity index is 1100. The van der Waals surface area contributed by atoms with E-state index in [1.807, 2.05) is 25.3 Å². The van der Waals surface area contributed by atoms with Gasteiger partial charge < -0.3 is 29.3 Å². The number of aryl methyl sites for hydroxylation is 1. The largest absolute Gasteiger partial charge is 0.493 e. The summed E-state index contributed by atoms with van der Waals surface area (Å²) in [6, 6.07) is 7.04. The van der Waals surface area contributed by atoms with Crippen molar-refractivity contribution in [1.29, 1.82) is 0 Å². The third kappa shape index (κ3) is 4.76. The normalized spacial score (nSPS) is 13.6. The van der Waals surface area contributed by atoms with E-state index < -0.39 is 0 Å². The predicted octanol–water partition coefficient (Wildman–Crippen LogP) is 2.35. The van der Waals surface area contributed by atoms with Crippen LogP contribution in [-0.2, 0) is 0 Å². The molecule has 3 heterocycles. The summed E-state index contributed by atoms with van der Waals surface area (Å²) < 4.78 is 17.8. The molecule has 1 aromatic carbocycles. The minimum Gasteiger partial charge on any atom is -0.493 e. The van der Waals surface area contributed by atoms with Gasteiger partial charge in [-0.05, 0) is 13.0 Å². The number of nitrogens with one attached hydrogen (secondary N) is 1. The topological polar surface area (TPSA) is 107 Å². The highest BCUT2D eigenvalue weighted by Crippen LogP contribution is 2.40. The first-order chi connectivity index (χ1) is 16.0. The van der Waals surface area contributed by atoms with Gasteiger partial charge in [-0.2, -0.15) is 5.10 Å². The van der Waals surface area contributed by atoms with Crippen molar-refractivity contribution in [1.82, 2.24) is 24.6 Å². The second-order valence-electron chi connectivity index (χ2n) is 7.45. The van der Waals surface area contributed by atoms with Crippen LogP contribution >= 0.6 is 0 Å². The van der Waals surface area contributed by atoms with Crippen molar-refractivity contribution in [3.63, 3.8) is 0 Å². The van der Waals surface area contributed by atoms with Crippen LogP contribution in [0.4, 0.5) is 16.3 Å². The molecule has 3 aromatic rings. The summed E-state index contributed by atoms with van der Waals surface area (Å²) in [6.07, 6.45) is 3.40. The summed E-state index contributed by atoms with van der Waals surface area (Å²) >= 11 is 0. The minimum atomic E-state index is -0.195. The Balaban J connectivity index is 1.40. The minimum absolute atomic E-state index is 0.195. The van der Waals surface area contributed by atoms with E-state index in [9.17, 15) is 4.79 Å². The molecule has 2 amide bonds.